The minimum Gasteiger partial charge on any atom is -0.370 e. The molecule has 1 saturated heterocycles. The van der Waals surface area contributed by atoms with Crippen LogP contribution in [0.2, 0.25) is 5.02 Å². The number of hydrogen-bond acceptors (Lipinski definition) is 5. The molecule has 25 heavy (non-hydrogen) atoms. The number of aromatic nitrogens is 6. The quantitative estimate of drug-likeness (QED) is 0.552. The first-order chi connectivity index (χ1) is 12.2. The van der Waals surface area contributed by atoms with Crippen molar-refractivity contribution in [3.8, 4) is 5.69 Å². The Morgan fingerprint density at radius 1 is 1.24 bits per heavy atom. The zero-order chi connectivity index (χ0) is 17.0. The second-order valence-electron chi connectivity index (χ2n) is 6.23. The predicted octanol–water partition coefficient (Wildman–Crippen LogP) is 3.28. The monoisotopic (exact) mass is 354 g/mol. The Kier molecular flexibility index (Phi) is 3.26. The van der Waals surface area contributed by atoms with E-state index >= 15 is 0 Å². The number of ether oxygens (including phenoxy) is 1. The molecule has 1 aliphatic rings. The minimum absolute atomic E-state index is 0.0137. The van der Waals surface area contributed by atoms with Crippen molar-refractivity contribution in [3.63, 3.8) is 0 Å². The molecule has 0 aliphatic carbocycles. The van der Waals surface area contributed by atoms with Gasteiger partial charge in [-0.1, -0.05) is 17.7 Å². The van der Waals surface area contributed by atoms with Crippen LogP contribution in [0, 0.1) is 6.92 Å². The number of halogens is 1. The van der Waals surface area contributed by atoms with Crippen molar-refractivity contribution in [3.05, 3.63) is 47.1 Å². The van der Waals surface area contributed by atoms with Gasteiger partial charge in [0.1, 0.15) is 12.4 Å². The molecule has 126 valence electrons. The average molecular weight is 355 g/mol. The van der Waals surface area contributed by atoms with Gasteiger partial charge in [0.15, 0.2) is 17.1 Å². The lowest BCUT2D eigenvalue weighted by Gasteiger charge is -2.07. The van der Waals surface area contributed by atoms with E-state index in [0.717, 1.165) is 53.2 Å². The summed E-state index contributed by atoms with van der Waals surface area (Å²) in [6, 6.07) is 5.83. The summed E-state index contributed by atoms with van der Waals surface area (Å²) in [5.41, 5.74) is 3.34. The van der Waals surface area contributed by atoms with Crippen LogP contribution in [0.4, 0.5) is 0 Å². The Labute approximate surface area is 148 Å². The van der Waals surface area contributed by atoms with Crippen molar-refractivity contribution in [2.45, 2.75) is 25.9 Å². The highest BCUT2D eigenvalue weighted by Crippen LogP contribution is 2.29. The Morgan fingerprint density at radius 2 is 2.16 bits per heavy atom. The van der Waals surface area contributed by atoms with Gasteiger partial charge in [-0.25, -0.2) is 9.67 Å². The Hall–Kier alpha value is -2.51. The maximum atomic E-state index is 6.25. The summed E-state index contributed by atoms with van der Waals surface area (Å²) in [6.07, 6.45) is 5.49. The van der Waals surface area contributed by atoms with E-state index in [9.17, 15) is 0 Å². The van der Waals surface area contributed by atoms with E-state index < -0.39 is 0 Å². The minimum atomic E-state index is -0.0137. The summed E-state index contributed by atoms with van der Waals surface area (Å²) in [4.78, 5) is 4.59. The first-order valence-corrected chi connectivity index (χ1v) is 8.55. The summed E-state index contributed by atoms with van der Waals surface area (Å²) in [5.74, 6) is 0.799. The SMILES string of the molecule is Cc1ccc(-n2ncc3c2ncn2c([C@H]4CCCO4)nnc32)cc1Cl. The van der Waals surface area contributed by atoms with Crippen molar-refractivity contribution in [1.82, 2.24) is 29.4 Å². The fourth-order valence-corrected chi connectivity index (χ4v) is 3.42. The molecule has 1 fully saturated rings. The predicted molar refractivity (Wildman–Crippen MR) is 93.1 cm³/mol. The highest BCUT2D eigenvalue weighted by molar-refractivity contribution is 6.31. The van der Waals surface area contributed by atoms with Crippen LogP contribution in [-0.2, 0) is 4.74 Å². The van der Waals surface area contributed by atoms with Gasteiger partial charge >= 0.3 is 0 Å². The molecule has 0 saturated carbocycles. The van der Waals surface area contributed by atoms with Gasteiger partial charge in [-0.15, -0.1) is 10.2 Å². The molecule has 8 heteroatoms. The molecule has 0 amide bonds. The molecule has 0 N–H and O–H groups in total. The summed E-state index contributed by atoms with van der Waals surface area (Å²) < 4.78 is 9.39. The van der Waals surface area contributed by atoms with Crippen LogP contribution >= 0.6 is 11.6 Å². The van der Waals surface area contributed by atoms with Crippen LogP contribution in [-0.4, -0.2) is 36.0 Å². The third kappa shape index (κ3) is 2.23. The standard InChI is InChI=1S/C17H15ClN6O/c1-10-4-5-11(7-13(10)18)24-15-12(8-20-24)16-21-22-17(23(16)9-19-15)14-3-2-6-25-14/h4-5,7-9,14H,2-3,6H2,1H3/t14-/m1/s1. The first kappa shape index (κ1) is 14.8. The molecule has 4 heterocycles. The van der Waals surface area contributed by atoms with E-state index in [4.69, 9.17) is 16.3 Å². The van der Waals surface area contributed by atoms with E-state index in [1.807, 2.05) is 29.5 Å². The number of benzene rings is 1. The summed E-state index contributed by atoms with van der Waals surface area (Å²) in [7, 11) is 0. The number of nitrogens with zero attached hydrogens (tertiary/aromatic N) is 6. The number of rotatable bonds is 2. The van der Waals surface area contributed by atoms with Gasteiger partial charge in [0, 0.05) is 11.6 Å². The van der Waals surface area contributed by atoms with Crippen LogP contribution < -0.4 is 0 Å². The largest absolute Gasteiger partial charge is 0.370 e. The van der Waals surface area contributed by atoms with Crippen molar-refractivity contribution in [2.75, 3.05) is 6.61 Å². The highest BCUT2D eigenvalue weighted by atomic mass is 35.5. The molecular weight excluding hydrogens is 340 g/mol. The lowest BCUT2D eigenvalue weighted by atomic mass is 10.2. The summed E-state index contributed by atoms with van der Waals surface area (Å²) >= 11 is 6.25. The molecule has 0 spiro atoms. The summed E-state index contributed by atoms with van der Waals surface area (Å²) in [6.45, 7) is 2.74. The van der Waals surface area contributed by atoms with E-state index in [1.54, 1.807) is 17.2 Å². The molecule has 7 nitrogen and oxygen atoms in total. The van der Waals surface area contributed by atoms with E-state index in [0.29, 0.717) is 5.02 Å². The van der Waals surface area contributed by atoms with E-state index in [-0.39, 0.29) is 6.10 Å². The normalized spacial score (nSPS) is 17.8. The Balaban J connectivity index is 1.68. The topological polar surface area (TPSA) is 70.1 Å². The number of hydrogen-bond donors (Lipinski definition) is 0. The van der Waals surface area contributed by atoms with Crippen molar-refractivity contribution in [1.29, 1.82) is 0 Å². The molecule has 1 aliphatic heterocycles. The molecule has 1 aromatic carbocycles. The fraction of sp³-hybridized carbons (Fsp3) is 0.294. The fourth-order valence-electron chi connectivity index (χ4n) is 3.24. The molecule has 0 bridgehead atoms. The van der Waals surface area contributed by atoms with Gasteiger partial charge in [-0.2, -0.15) is 5.10 Å². The van der Waals surface area contributed by atoms with Gasteiger partial charge in [0.2, 0.25) is 0 Å². The van der Waals surface area contributed by atoms with Gasteiger partial charge in [-0.05, 0) is 37.5 Å². The molecule has 0 unspecified atom stereocenters. The van der Waals surface area contributed by atoms with Gasteiger partial charge in [0.25, 0.3) is 0 Å². The maximum absolute atomic E-state index is 6.25. The molecule has 3 aromatic heterocycles. The first-order valence-electron chi connectivity index (χ1n) is 8.18. The highest BCUT2D eigenvalue weighted by Gasteiger charge is 2.24. The molecule has 0 radical (unpaired) electrons. The summed E-state index contributed by atoms with van der Waals surface area (Å²) in [5, 5.41) is 14.7. The molecule has 1 atom stereocenters. The van der Waals surface area contributed by atoms with Crippen LogP contribution in [0.1, 0.15) is 30.3 Å². The van der Waals surface area contributed by atoms with Crippen LogP contribution in [0.25, 0.3) is 22.4 Å². The van der Waals surface area contributed by atoms with Crippen molar-refractivity contribution < 1.29 is 4.74 Å². The Bertz CT molecular complexity index is 1100. The number of fused-ring (bicyclic) bond motifs is 3. The molecule has 5 rings (SSSR count). The maximum Gasteiger partial charge on any atom is 0.174 e. The average Bonchev–Trinajstić information content (AvgIpc) is 3.34. The Morgan fingerprint density at radius 3 is 2.96 bits per heavy atom. The third-order valence-electron chi connectivity index (χ3n) is 4.62. The lowest BCUT2D eigenvalue weighted by molar-refractivity contribution is 0.104. The molecule has 4 aromatic rings. The zero-order valence-corrected chi connectivity index (χ0v) is 14.3. The van der Waals surface area contributed by atoms with E-state index in [2.05, 4.69) is 20.3 Å². The van der Waals surface area contributed by atoms with Gasteiger partial charge in [-0.3, -0.25) is 4.40 Å². The van der Waals surface area contributed by atoms with Crippen LogP contribution in [0.15, 0.2) is 30.7 Å². The molecular formula is C17H15ClN6O. The van der Waals surface area contributed by atoms with Gasteiger partial charge in [0.05, 0.1) is 17.3 Å². The van der Waals surface area contributed by atoms with Crippen molar-refractivity contribution >= 4 is 28.3 Å². The third-order valence-corrected chi connectivity index (χ3v) is 5.03. The van der Waals surface area contributed by atoms with Crippen LogP contribution in [0.3, 0.4) is 0 Å². The second-order valence-corrected chi connectivity index (χ2v) is 6.63. The lowest BCUT2D eigenvalue weighted by Crippen LogP contribution is -2.04. The zero-order valence-electron chi connectivity index (χ0n) is 13.6. The number of aryl methyl sites for hydroxylation is 1. The van der Waals surface area contributed by atoms with Crippen LogP contribution in [0.5, 0.6) is 0 Å². The smallest absolute Gasteiger partial charge is 0.174 e. The van der Waals surface area contributed by atoms with Crippen molar-refractivity contribution in [2.24, 2.45) is 0 Å². The van der Waals surface area contributed by atoms with E-state index in [1.165, 1.54) is 0 Å². The van der Waals surface area contributed by atoms with Gasteiger partial charge < -0.3 is 4.74 Å². The second kappa shape index (κ2) is 5.50.